The maximum absolute atomic E-state index is 10.8. The van der Waals surface area contributed by atoms with Gasteiger partial charge in [-0.2, -0.15) is 0 Å². The number of aldehydes is 1. The van der Waals surface area contributed by atoms with Crippen LogP contribution in [0.5, 0.6) is 11.5 Å². The highest BCUT2D eigenvalue weighted by atomic mass is 16.3. The molecule has 2 rings (SSSR count). The SMILES string of the molecule is C=CCc1ccc(O)c(-c2cc(C=O)ccc2O)c1. The first kappa shape index (κ1) is 12.9. The molecule has 0 aliphatic heterocycles. The van der Waals surface area contributed by atoms with Crippen LogP contribution in [0.3, 0.4) is 0 Å². The van der Waals surface area contributed by atoms with Crippen molar-refractivity contribution in [2.24, 2.45) is 0 Å². The topological polar surface area (TPSA) is 57.5 Å². The minimum Gasteiger partial charge on any atom is -0.507 e. The first-order chi connectivity index (χ1) is 9.15. The molecule has 19 heavy (non-hydrogen) atoms. The van der Waals surface area contributed by atoms with E-state index in [1.165, 1.54) is 12.1 Å². The number of phenolic OH excluding ortho intramolecular Hbond substituents is 2. The van der Waals surface area contributed by atoms with Crippen molar-refractivity contribution in [2.45, 2.75) is 6.42 Å². The summed E-state index contributed by atoms with van der Waals surface area (Å²) in [6, 6.07) is 9.66. The van der Waals surface area contributed by atoms with Crippen molar-refractivity contribution in [1.82, 2.24) is 0 Å². The molecule has 2 aromatic rings. The van der Waals surface area contributed by atoms with Gasteiger partial charge in [0.15, 0.2) is 0 Å². The minimum atomic E-state index is 0.0247. The zero-order valence-corrected chi connectivity index (χ0v) is 10.3. The Morgan fingerprint density at radius 2 is 1.63 bits per heavy atom. The van der Waals surface area contributed by atoms with Gasteiger partial charge in [0, 0.05) is 16.7 Å². The van der Waals surface area contributed by atoms with Gasteiger partial charge in [-0.3, -0.25) is 4.79 Å². The monoisotopic (exact) mass is 254 g/mol. The average molecular weight is 254 g/mol. The number of benzene rings is 2. The van der Waals surface area contributed by atoms with E-state index in [-0.39, 0.29) is 11.5 Å². The number of carbonyl (C=O) groups is 1. The number of phenols is 2. The number of hydrogen-bond acceptors (Lipinski definition) is 3. The Hall–Kier alpha value is -2.55. The van der Waals surface area contributed by atoms with Crippen molar-refractivity contribution < 1.29 is 15.0 Å². The van der Waals surface area contributed by atoms with Gasteiger partial charge in [0.2, 0.25) is 0 Å². The summed E-state index contributed by atoms with van der Waals surface area (Å²) in [4.78, 5) is 10.8. The fourth-order valence-electron chi connectivity index (χ4n) is 1.94. The van der Waals surface area contributed by atoms with Crippen LogP contribution in [0.1, 0.15) is 15.9 Å². The number of allylic oxidation sites excluding steroid dienone is 1. The van der Waals surface area contributed by atoms with Gasteiger partial charge < -0.3 is 10.2 Å². The van der Waals surface area contributed by atoms with Crippen molar-refractivity contribution in [3.63, 3.8) is 0 Å². The number of aromatic hydroxyl groups is 2. The third kappa shape index (κ3) is 2.65. The van der Waals surface area contributed by atoms with Gasteiger partial charge in [0.05, 0.1) is 0 Å². The molecule has 0 unspecified atom stereocenters. The molecule has 0 spiro atoms. The summed E-state index contributed by atoms with van der Waals surface area (Å²) in [6.45, 7) is 3.67. The van der Waals surface area contributed by atoms with Crippen LogP contribution in [0.2, 0.25) is 0 Å². The Morgan fingerprint density at radius 3 is 2.26 bits per heavy atom. The van der Waals surface area contributed by atoms with Crippen molar-refractivity contribution in [3.8, 4) is 22.6 Å². The third-order valence-electron chi connectivity index (χ3n) is 2.89. The summed E-state index contributed by atoms with van der Waals surface area (Å²) < 4.78 is 0. The molecule has 2 N–H and O–H groups in total. The standard InChI is InChI=1S/C16H14O3/c1-2-3-11-4-6-15(18)13(8-11)14-9-12(10-17)5-7-16(14)19/h2,4-10,18-19H,1,3H2. The molecule has 0 saturated heterocycles. The van der Waals surface area contributed by atoms with Crippen molar-refractivity contribution >= 4 is 6.29 Å². The lowest BCUT2D eigenvalue weighted by atomic mass is 9.98. The molecule has 3 heteroatoms. The number of hydrogen-bond donors (Lipinski definition) is 2. The lowest BCUT2D eigenvalue weighted by Crippen LogP contribution is -1.88. The lowest BCUT2D eigenvalue weighted by molar-refractivity contribution is 0.112. The fourth-order valence-corrected chi connectivity index (χ4v) is 1.94. The zero-order chi connectivity index (χ0) is 13.8. The predicted octanol–water partition coefficient (Wildman–Crippen LogP) is 3.31. The van der Waals surface area contributed by atoms with E-state index in [4.69, 9.17) is 0 Å². The Balaban J connectivity index is 2.59. The Labute approximate surface area is 111 Å². The molecule has 0 aromatic heterocycles. The van der Waals surface area contributed by atoms with E-state index in [1.807, 2.05) is 0 Å². The zero-order valence-electron chi connectivity index (χ0n) is 10.3. The van der Waals surface area contributed by atoms with Gasteiger partial charge in [-0.05, 0) is 42.3 Å². The van der Waals surface area contributed by atoms with Crippen molar-refractivity contribution in [3.05, 3.63) is 60.2 Å². The van der Waals surface area contributed by atoms with E-state index < -0.39 is 0 Å². The normalized spacial score (nSPS) is 10.1. The summed E-state index contributed by atoms with van der Waals surface area (Å²) in [7, 11) is 0. The van der Waals surface area contributed by atoms with E-state index in [2.05, 4.69) is 6.58 Å². The van der Waals surface area contributed by atoms with Crippen LogP contribution in [0.4, 0.5) is 0 Å². The van der Waals surface area contributed by atoms with Crippen LogP contribution < -0.4 is 0 Å². The van der Waals surface area contributed by atoms with Crippen molar-refractivity contribution in [2.75, 3.05) is 0 Å². The van der Waals surface area contributed by atoms with E-state index >= 15 is 0 Å². The smallest absolute Gasteiger partial charge is 0.150 e. The molecule has 0 fully saturated rings. The van der Waals surface area contributed by atoms with E-state index in [0.717, 1.165) is 5.56 Å². The van der Waals surface area contributed by atoms with E-state index in [9.17, 15) is 15.0 Å². The molecule has 0 aliphatic carbocycles. The molecule has 0 atom stereocenters. The van der Waals surface area contributed by atoms with Crippen LogP contribution in [0.15, 0.2) is 49.1 Å². The van der Waals surface area contributed by atoms with Gasteiger partial charge in [-0.15, -0.1) is 6.58 Å². The lowest BCUT2D eigenvalue weighted by Gasteiger charge is -2.09. The van der Waals surface area contributed by atoms with E-state index in [1.54, 1.807) is 30.3 Å². The number of carbonyl (C=O) groups excluding carboxylic acids is 1. The number of rotatable bonds is 4. The van der Waals surface area contributed by atoms with Crippen LogP contribution in [-0.2, 0) is 6.42 Å². The van der Waals surface area contributed by atoms with Crippen molar-refractivity contribution in [1.29, 1.82) is 0 Å². The second-order valence-corrected chi connectivity index (χ2v) is 4.24. The van der Waals surface area contributed by atoms with Crippen LogP contribution in [0, 0.1) is 0 Å². The second-order valence-electron chi connectivity index (χ2n) is 4.24. The highest BCUT2D eigenvalue weighted by Gasteiger charge is 2.10. The molecule has 2 aromatic carbocycles. The molecule has 96 valence electrons. The molecule has 0 amide bonds. The molecule has 0 saturated carbocycles. The maximum Gasteiger partial charge on any atom is 0.150 e. The molecule has 0 aliphatic rings. The highest BCUT2D eigenvalue weighted by Crippen LogP contribution is 2.36. The molecular formula is C16H14O3. The maximum atomic E-state index is 10.8. The molecule has 0 radical (unpaired) electrons. The van der Waals surface area contributed by atoms with Crippen LogP contribution in [0.25, 0.3) is 11.1 Å². The van der Waals surface area contributed by atoms with Crippen LogP contribution in [-0.4, -0.2) is 16.5 Å². The van der Waals surface area contributed by atoms with Gasteiger partial charge in [-0.1, -0.05) is 12.1 Å². The van der Waals surface area contributed by atoms with Crippen LogP contribution >= 0.6 is 0 Å². The summed E-state index contributed by atoms with van der Waals surface area (Å²) >= 11 is 0. The summed E-state index contributed by atoms with van der Waals surface area (Å²) in [5.74, 6) is 0.0859. The molecule has 0 bridgehead atoms. The van der Waals surface area contributed by atoms with Gasteiger partial charge >= 0.3 is 0 Å². The minimum absolute atomic E-state index is 0.0247. The average Bonchev–Trinajstić information content (AvgIpc) is 2.42. The van der Waals surface area contributed by atoms with E-state index in [0.29, 0.717) is 29.4 Å². The Morgan fingerprint density at radius 1 is 1.00 bits per heavy atom. The Kier molecular flexibility index (Phi) is 3.66. The second kappa shape index (κ2) is 5.40. The largest absolute Gasteiger partial charge is 0.507 e. The molecule has 3 nitrogen and oxygen atoms in total. The quantitative estimate of drug-likeness (QED) is 0.650. The van der Waals surface area contributed by atoms with Gasteiger partial charge in [0.25, 0.3) is 0 Å². The molecular weight excluding hydrogens is 240 g/mol. The molecule has 0 heterocycles. The fraction of sp³-hybridized carbons (Fsp3) is 0.0625. The van der Waals surface area contributed by atoms with Gasteiger partial charge in [-0.25, -0.2) is 0 Å². The first-order valence-electron chi connectivity index (χ1n) is 5.87. The highest BCUT2D eigenvalue weighted by molar-refractivity contribution is 5.83. The third-order valence-corrected chi connectivity index (χ3v) is 2.89. The Bertz CT molecular complexity index is 630. The predicted molar refractivity (Wildman–Crippen MR) is 74.5 cm³/mol. The summed E-state index contributed by atoms with van der Waals surface area (Å²) in [5.41, 5.74) is 2.36. The summed E-state index contributed by atoms with van der Waals surface area (Å²) in [6.07, 6.45) is 3.13. The first-order valence-corrected chi connectivity index (χ1v) is 5.87. The summed E-state index contributed by atoms with van der Waals surface area (Å²) in [5, 5.41) is 19.8. The van der Waals surface area contributed by atoms with Gasteiger partial charge in [0.1, 0.15) is 17.8 Å².